The molecule has 1 aromatic heterocycles. The van der Waals surface area contributed by atoms with Crippen molar-refractivity contribution in [1.82, 2.24) is 4.90 Å². The van der Waals surface area contributed by atoms with E-state index in [0.717, 1.165) is 25.2 Å². The Balaban J connectivity index is 1.20. The molecule has 12 rings (SSSR count). The first-order chi connectivity index (χ1) is 29.4. The lowest BCUT2D eigenvalue weighted by Gasteiger charge is -2.40. The Labute approximate surface area is 354 Å². The van der Waals surface area contributed by atoms with Gasteiger partial charge in [-0.2, -0.15) is 0 Å². The zero-order chi connectivity index (χ0) is 40.1. The van der Waals surface area contributed by atoms with Gasteiger partial charge in [-0.15, -0.1) is 11.3 Å². The Morgan fingerprint density at radius 2 is 1.15 bits per heavy atom. The fourth-order valence-corrected chi connectivity index (χ4v) is 11.4. The lowest BCUT2D eigenvalue weighted by Crippen LogP contribution is -2.44. The lowest BCUT2D eigenvalue weighted by atomic mass is 9.87. The number of rotatable bonds is 5. The van der Waals surface area contributed by atoms with E-state index in [9.17, 15) is 0 Å². The Morgan fingerprint density at radius 1 is 0.483 bits per heavy atom. The maximum atomic E-state index is 2.63. The second-order valence-electron chi connectivity index (χ2n) is 17.6. The van der Waals surface area contributed by atoms with Crippen molar-refractivity contribution in [3.05, 3.63) is 187 Å². The Morgan fingerprint density at radius 3 is 1.93 bits per heavy atom. The van der Waals surface area contributed by atoms with E-state index < -0.39 is 0 Å². The molecule has 2 nitrogen and oxygen atoms in total. The molecule has 0 fully saturated rings. The van der Waals surface area contributed by atoms with E-state index in [2.05, 4.69) is 206 Å². The number of hydrogen-bond donors (Lipinski definition) is 0. The van der Waals surface area contributed by atoms with E-state index in [1.165, 1.54) is 108 Å². The van der Waals surface area contributed by atoms with Gasteiger partial charge in [0, 0.05) is 55.4 Å². The SMILES string of the molecule is CC(C)(C)N1CCc2c(cccc2-c2cc3c(cc2N(c2ccc(-c4ccccc4)cc2)c2ccc4cccc5c6cccc7cccc(c2c45)c76)sc2ccccc23)C1. The highest BCUT2D eigenvalue weighted by Crippen LogP contribution is 2.52. The number of benzene rings is 10. The van der Waals surface area contributed by atoms with E-state index in [1.807, 2.05) is 11.3 Å². The van der Waals surface area contributed by atoms with Crippen LogP contribution in [0, 0.1) is 0 Å². The molecule has 11 aromatic rings. The Kier molecular flexibility index (Phi) is 7.97. The predicted molar refractivity (Wildman–Crippen MR) is 260 cm³/mol. The molecular formula is C57H44N2S. The molecule has 0 spiro atoms. The van der Waals surface area contributed by atoms with E-state index in [-0.39, 0.29) is 5.54 Å². The Hall–Kier alpha value is -6.52. The molecule has 0 saturated heterocycles. The molecule has 0 atom stereocenters. The molecule has 10 aromatic carbocycles. The predicted octanol–water partition coefficient (Wildman–Crippen LogP) is 16.1. The van der Waals surface area contributed by atoms with Gasteiger partial charge < -0.3 is 4.90 Å². The van der Waals surface area contributed by atoms with Gasteiger partial charge in [-0.25, -0.2) is 0 Å². The van der Waals surface area contributed by atoms with Gasteiger partial charge in [-0.1, -0.05) is 140 Å². The van der Waals surface area contributed by atoms with Crippen molar-refractivity contribution < 1.29 is 0 Å². The van der Waals surface area contributed by atoms with Crippen molar-refractivity contribution >= 4 is 91.7 Å². The van der Waals surface area contributed by atoms with E-state index >= 15 is 0 Å². The summed E-state index contributed by atoms with van der Waals surface area (Å²) in [5.41, 5.74) is 11.6. The minimum absolute atomic E-state index is 0.105. The van der Waals surface area contributed by atoms with E-state index in [1.54, 1.807) is 0 Å². The molecule has 0 bridgehead atoms. The maximum absolute atomic E-state index is 2.63. The minimum Gasteiger partial charge on any atom is -0.309 e. The summed E-state index contributed by atoms with van der Waals surface area (Å²) >= 11 is 1.90. The number of hydrogen-bond acceptors (Lipinski definition) is 3. The van der Waals surface area contributed by atoms with Crippen LogP contribution in [0.15, 0.2) is 176 Å². The van der Waals surface area contributed by atoms with Crippen LogP contribution in [0.5, 0.6) is 0 Å². The molecule has 0 N–H and O–H groups in total. The third-order valence-corrected chi connectivity index (χ3v) is 14.3. The van der Waals surface area contributed by atoms with Crippen molar-refractivity contribution in [2.75, 3.05) is 11.4 Å². The van der Waals surface area contributed by atoms with Crippen molar-refractivity contribution in [2.45, 2.75) is 39.3 Å². The molecule has 0 radical (unpaired) electrons. The highest BCUT2D eigenvalue weighted by molar-refractivity contribution is 7.25. The average molecular weight is 789 g/mol. The van der Waals surface area contributed by atoms with Gasteiger partial charge in [0.05, 0.1) is 11.4 Å². The molecule has 0 unspecified atom stereocenters. The first-order valence-electron chi connectivity index (χ1n) is 21.2. The third-order valence-electron chi connectivity index (χ3n) is 13.2. The first kappa shape index (κ1) is 35.4. The van der Waals surface area contributed by atoms with Gasteiger partial charge in [0.25, 0.3) is 0 Å². The largest absolute Gasteiger partial charge is 0.309 e. The number of fused-ring (bicyclic) bond motifs is 6. The van der Waals surface area contributed by atoms with Crippen LogP contribution in [0.3, 0.4) is 0 Å². The number of anilines is 3. The monoisotopic (exact) mass is 788 g/mol. The van der Waals surface area contributed by atoms with Crippen LogP contribution >= 0.6 is 11.3 Å². The lowest BCUT2D eigenvalue weighted by molar-refractivity contribution is 0.121. The van der Waals surface area contributed by atoms with Gasteiger partial charge >= 0.3 is 0 Å². The zero-order valence-corrected chi connectivity index (χ0v) is 35.0. The van der Waals surface area contributed by atoms with Crippen LogP contribution in [-0.2, 0) is 13.0 Å². The van der Waals surface area contributed by atoms with Crippen LogP contribution in [0.25, 0.3) is 85.5 Å². The van der Waals surface area contributed by atoms with Crippen molar-refractivity contribution in [3.63, 3.8) is 0 Å². The molecule has 60 heavy (non-hydrogen) atoms. The summed E-state index contributed by atoms with van der Waals surface area (Å²) in [6.07, 6.45) is 1.01. The molecule has 2 heterocycles. The fraction of sp³-hybridized carbons (Fsp3) is 0.123. The molecule has 0 aliphatic carbocycles. The first-order valence-corrected chi connectivity index (χ1v) is 22.1. The smallest absolute Gasteiger partial charge is 0.0554 e. The summed E-state index contributed by atoms with van der Waals surface area (Å²) in [6, 6.07) is 66.2. The summed E-state index contributed by atoms with van der Waals surface area (Å²) in [5.74, 6) is 0. The van der Waals surface area contributed by atoms with E-state index in [4.69, 9.17) is 0 Å². The van der Waals surface area contributed by atoms with E-state index in [0.29, 0.717) is 0 Å². The molecule has 1 aliphatic rings. The van der Waals surface area contributed by atoms with Crippen LogP contribution < -0.4 is 4.90 Å². The molecular weight excluding hydrogens is 745 g/mol. The second-order valence-corrected chi connectivity index (χ2v) is 18.7. The fourth-order valence-electron chi connectivity index (χ4n) is 10.3. The standard InChI is InChI=1S/C57H44N2S/c1-57(2,3)58-32-31-42-40(35-58)18-12-20-43(42)48-33-49-44-19-7-8-24-52(44)60-53(49)34-51(48)59(41-28-25-37(26-29-41)36-13-5-4-6-14-36)50-30-27-39-17-10-22-46-45-21-9-15-38-16-11-23-47(54(38)45)56(50)55(39)46/h4-30,33-34H,31-32,35H2,1-3H3. The minimum atomic E-state index is 0.105. The summed E-state index contributed by atoms with van der Waals surface area (Å²) in [5, 5.41) is 13.0. The zero-order valence-electron chi connectivity index (χ0n) is 34.2. The summed E-state index contributed by atoms with van der Waals surface area (Å²) in [4.78, 5) is 5.22. The second kappa shape index (κ2) is 13.5. The molecule has 1 aliphatic heterocycles. The van der Waals surface area contributed by atoms with Crippen molar-refractivity contribution in [3.8, 4) is 22.3 Å². The van der Waals surface area contributed by atoms with Gasteiger partial charge in [0.2, 0.25) is 0 Å². The topological polar surface area (TPSA) is 6.48 Å². The summed E-state index contributed by atoms with van der Waals surface area (Å²) in [7, 11) is 0. The Bertz CT molecular complexity index is 3440. The molecule has 288 valence electrons. The molecule has 0 saturated carbocycles. The van der Waals surface area contributed by atoms with Gasteiger partial charge in [0.1, 0.15) is 0 Å². The van der Waals surface area contributed by atoms with Crippen LogP contribution in [-0.4, -0.2) is 17.0 Å². The van der Waals surface area contributed by atoms with Crippen molar-refractivity contribution in [2.24, 2.45) is 0 Å². The quantitative estimate of drug-likeness (QED) is 0.127. The van der Waals surface area contributed by atoms with Gasteiger partial charge in [0.15, 0.2) is 0 Å². The van der Waals surface area contributed by atoms with Crippen molar-refractivity contribution in [1.29, 1.82) is 0 Å². The highest BCUT2D eigenvalue weighted by atomic mass is 32.1. The maximum Gasteiger partial charge on any atom is 0.0554 e. The third kappa shape index (κ3) is 5.50. The summed E-state index contributed by atoms with van der Waals surface area (Å²) in [6.45, 7) is 9.03. The highest BCUT2D eigenvalue weighted by Gasteiger charge is 2.30. The molecule has 0 amide bonds. The van der Waals surface area contributed by atoms with Crippen LogP contribution in [0.2, 0.25) is 0 Å². The van der Waals surface area contributed by atoms with Crippen LogP contribution in [0.1, 0.15) is 31.9 Å². The van der Waals surface area contributed by atoms with Gasteiger partial charge in [-0.3, -0.25) is 4.90 Å². The average Bonchev–Trinajstić information content (AvgIpc) is 3.65. The molecule has 3 heteroatoms. The van der Waals surface area contributed by atoms with Gasteiger partial charge in [-0.05, 0) is 129 Å². The number of thiophene rings is 1. The summed E-state index contributed by atoms with van der Waals surface area (Å²) < 4.78 is 2.62. The number of nitrogens with zero attached hydrogens (tertiary/aromatic N) is 2. The normalized spacial score (nSPS) is 13.7. The van der Waals surface area contributed by atoms with Crippen LogP contribution in [0.4, 0.5) is 17.1 Å².